The second-order valence-corrected chi connectivity index (χ2v) is 6.83. The number of hydrogen-bond donors (Lipinski definition) is 3. The second-order valence-electron chi connectivity index (χ2n) is 6.83. The van der Waals surface area contributed by atoms with Gasteiger partial charge in [0.05, 0.1) is 18.3 Å². The van der Waals surface area contributed by atoms with Crippen molar-refractivity contribution in [2.24, 2.45) is 4.99 Å². The number of nitrogens with zero attached hydrogens (tertiary/aromatic N) is 2. The number of benzene rings is 2. The van der Waals surface area contributed by atoms with Crippen LogP contribution >= 0.6 is 24.0 Å². The Kier molecular flexibility index (Phi) is 9.59. The van der Waals surface area contributed by atoms with Crippen molar-refractivity contribution in [2.45, 2.75) is 32.9 Å². The van der Waals surface area contributed by atoms with Gasteiger partial charge in [-0.3, -0.25) is 5.10 Å². The van der Waals surface area contributed by atoms with Crippen molar-refractivity contribution in [3.05, 3.63) is 77.9 Å². The number of aromatic nitrogens is 2. The lowest BCUT2D eigenvalue weighted by molar-refractivity contribution is 0.242. The van der Waals surface area contributed by atoms with Crippen LogP contribution in [0, 0.1) is 5.82 Å². The third kappa shape index (κ3) is 7.66. The highest BCUT2D eigenvalue weighted by atomic mass is 127. The number of anilines is 1. The lowest BCUT2D eigenvalue weighted by Crippen LogP contribution is -2.32. The first-order valence-electron chi connectivity index (χ1n) is 9.64. The number of rotatable bonds is 8. The number of aromatic amines is 1. The summed E-state index contributed by atoms with van der Waals surface area (Å²) in [5, 5.41) is 13.4. The van der Waals surface area contributed by atoms with E-state index in [2.05, 4.69) is 25.8 Å². The van der Waals surface area contributed by atoms with Crippen molar-refractivity contribution in [1.29, 1.82) is 0 Å². The molecular weight excluding hydrogens is 496 g/mol. The van der Waals surface area contributed by atoms with Crippen LogP contribution in [0.25, 0.3) is 0 Å². The van der Waals surface area contributed by atoms with Gasteiger partial charge < -0.3 is 15.4 Å². The smallest absolute Gasteiger partial charge is 0.196 e. The zero-order valence-electron chi connectivity index (χ0n) is 17.1. The van der Waals surface area contributed by atoms with Crippen LogP contribution in [0.5, 0.6) is 5.75 Å². The molecule has 1 heterocycles. The maximum Gasteiger partial charge on any atom is 0.196 e. The van der Waals surface area contributed by atoms with Crippen LogP contribution in [0.1, 0.15) is 25.1 Å². The van der Waals surface area contributed by atoms with Gasteiger partial charge in [-0.25, -0.2) is 9.38 Å². The van der Waals surface area contributed by atoms with E-state index in [1.54, 1.807) is 18.3 Å². The molecule has 0 aliphatic carbocycles. The molecule has 30 heavy (non-hydrogen) atoms. The molecule has 6 nitrogen and oxygen atoms in total. The lowest BCUT2D eigenvalue weighted by atomic mass is 10.1. The lowest BCUT2D eigenvalue weighted by Gasteiger charge is -2.14. The number of hydrogen-bond acceptors (Lipinski definition) is 3. The molecular formula is C22H27FIN5O. The molecule has 3 rings (SSSR count). The Morgan fingerprint density at radius 1 is 1.13 bits per heavy atom. The Morgan fingerprint density at radius 3 is 2.57 bits per heavy atom. The molecule has 0 aliphatic rings. The van der Waals surface area contributed by atoms with E-state index in [1.807, 2.05) is 50.2 Å². The van der Waals surface area contributed by atoms with Crippen LogP contribution < -0.4 is 15.4 Å². The number of H-pyrrole nitrogens is 1. The fraction of sp³-hybridized carbons (Fsp3) is 0.273. The van der Waals surface area contributed by atoms with Crippen LogP contribution in [0.15, 0.2) is 65.8 Å². The van der Waals surface area contributed by atoms with Crippen molar-refractivity contribution in [2.75, 3.05) is 11.9 Å². The standard InChI is InChI=1S/C22H26FN5O.HI/c1-16(2)29-20-9-7-18(8-10-20)27-22(25-15-19-12-14-26-28-19)24-13-11-17-5-3-4-6-21(17)23;/h3-10,12,14,16H,11,13,15H2,1-2H3,(H,26,28)(H2,24,25,27);1H. The van der Waals surface area contributed by atoms with Gasteiger partial charge in [-0.1, -0.05) is 18.2 Å². The molecule has 8 heteroatoms. The number of nitrogens with one attached hydrogen (secondary N) is 3. The zero-order valence-corrected chi connectivity index (χ0v) is 19.4. The molecule has 0 amide bonds. The first-order valence-corrected chi connectivity index (χ1v) is 9.64. The first-order chi connectivity index (χ1) is 14.1. The molecule has 0 bridgehead atoms. The summed E-state index contributed by atoms with van der Waals surface area (Å²) in [6.07, 6.45) is 2.37. The number of aliphatic imine (C=N–C) groups is 1. The minimum atomic E-state index is -0.195. The number of guanidine groups is 1. The predicted molar refractivity (Wildman–Crippen MR) is 129 cm³/mol. The van der Waals surface area contributed by atoms with E-state index in [1.165, 1.54) is 6.07 Å². The Morgan fingerprint density at radius 2 is 1.90 bits per heavy atom. The van der Waals surface area contributed by atoms with E-state index < -0.39 is 0 Å². The van der Waals surface area contributed by atoms with E-state index in [9.17, 15) is 4.39 Å². The Balaban J connectivity index is 0.00000320. The average Bonchev–Trinajstić information content (AvgIpc) is 3.22. The molecule has 0 fully saturated rings. The van der Waals surface area contributed by atoms with E-state index in [-0.39, 0.29) is 35.9 Å². The van der Waals surface area contributed by atoms with Gasteiger partial charge in [-0.05, 0) is 62.2 Å². The van der Waals surface area contributed by atoms with Crippen LogP contribution in [-0.4, -0.2) is 28.8 Å². The summed E-state index contributed by atoms with van der Waals surface area (Å²) >= 11 is 0. The van der Waals surface area contributed by atoms with Crippen molar-refractivity contribution in [3.63, 3.8) is 0 Å². The summed E-state index contributed by atoms with van der Waals surface area (Å²) in [4.78, 5) is 4.58. The molecule has 2 aromatic carbocycles. The Labute approximate surface area is 193 Å². The van der Waals surface area contributed by atoms with Crippen molar-refractivity contribution in [1.82, 2.24) is 15.5 Å². The highest BCUT2D eigenvalue weighted by Crippen LogP contribution is 2.17. The van der Waals surface area contributed by atoms with Gasteiger partial charge in [0, 0.05) is 18.4 Å². The molecule has 0 radical (unpaired) electrons. The van der Waals surface area contributed by atoms with Gasteiger partial charge in [-0.2, -0.15) is 5.10 Å². The van der Waals surface area contributed by atoms with Crippen molar-refractivity contribution >= 4 is 35.6 Å². The molecule has 0 spiro atoms. The third-order valence-corrected chi connectivity index (χ3v) is 4.10. The molecule has 0 aliphatic heterocycles. The maximum atomic E-state index is 13.8. The minimum Gasteiger partial charge on any atom is -0.491 e. The summed E-state index contributed by atoms with van der Waals surface area (Å²) in [5.41, 5.74) is 2.45. The highest BCUT2D eigenvalue weighted by Gasteiger charge is 2.05. The Hall–Kier alpha value is -2.62. The maximum absolute atomic E-state index is 13.8. The molecule has 0 unspecified atom stereocenters. The minimum absolute atomic E-state index is 0. The van der Waals surface area contributed by atoms with E-state index in [4.69, 9.17) is 4.74 Å². The largest absolute Gasteiger partial charge is 0.491 e. The summed E-state index contributed by atoms with van der Waals surface area (Å²) in [6.45, 7) is 4.98. The van der Waals surface area contributed by atoms with Crippen LogP contribution in [0.3, 0.4) is 0 Å². The van der Waals surface area contributed by atoms with E-state index in [0.29, 0.717) is 31.0 Å². The average molecular weight is 523 g/mol. The normalized spacial score (nSPS) is 11.1. The second kappa shape index (κ2) is 12.2. The number of ether oxygens (including phenoxy) is 1. The van der Waals surface area contributed by atoms with Gasteiger partial charge in [0.1, 0.15) is 11.6 Å². The van der Waals surface area contributed by atoms with Gasteiger partial charge in [0.25, 0.3) is 0 Å². The van der Waals surface area contributed by atoms with E-state index >= 15 is 0 Å². The molecule has 0 atom stereocenters. The highest BCUT2D eigenvalue weighted by molar-refractivity contribution is 14.0. The molecule has 1 aromatic heterocycles. The van der Waals surface area contributed by atoms with Gasteiger partial charge >= 0.3 is 0 Å². The summed E-state index contributed by atoms with van der Waals surface area (Å²) in [5.74, 6) is 1.22. The molecule has 3 N–H and O–H groups in total. The fourth-order valence-corrected chi connectivity index (χ4v) is 2.72. The van der Waals surface area contributed by atoms with E-state index in [0.717, 1.165) is 17.1 Å². The SMILES string of the molecule is CC(C)Oc1ccc(NC(=NCc2ccn[nH]2)NCCc2ccccc2F)cc1.I. The summed E-state index contributed by atoms with van der Waals surface area (Å²) < 4.78 is 19.5. The molecule has 0 saturated heterocycles. The topological polar surface area (TPSA) is 74.3 Å². The third-order valence-electron chi connectivity index (χ3n) is 4.10. The Bertz CT molecular complexity index is 914. The zero-order chi connectivity index (χ0) is 20.5. The van der Waals surface area contributed by atoms with Gasteiger partial charge in [0.15, 0.2) is 5.96 Å². The first kappa shape index (κ1) is 23.7. The van der Waals surface area contributed by atoms with Crippen LogP contribution in [0.4, 0.5) is 10.1 Å². The fourth-order valence-electron chi connectivity index (χ4n) is 2.72. The monoisotopic (exact) mass is 523 g/mol. The van der Waals surface area contributed by atoms with Crippen molar-refractivity contribution in [3.8, 4) is 5.75 Å². The summed E-state index contributed by atoms with van der Waals surface area (Å²) in [7, 11) is 0. The van der Waals surface area contributed by atoms with Crippen molar-refractivity contribution < 1.29 is 9.13 Å². The predicted octanol–water partition coefficient (Wildman–Crippen LogP) is 4.75. The molecule has 0 saturated carbocycles. The summed E-state index contributed by atoms with van der Waals surface area (Å²) in [6, 6.07) is 16.4. The molecule has 160 valence electrons. The van der Waals surface area contributed by atoms with Crippen LogP contribution in [0.2, 0.25) is 0 Å². The number of halogens is 2. The van der Waals surface area contributed by atoms with Crippen LogP contribution in [-0.2, 0) is 13.0 Å². The van der Waals surface area contributed by atoms with Gasteiger partial charge in [0.2, 0.25) is 0 Å². The van der Waals surface area contributed by atoms with Gasteiger partial charge in [-0.15, -0.1) is 24.0 Å². The quantitative estimate of drug-likeness (QED) is 0.226. The molecule has 3 aromatic rings.